The van der Waals surface area contributed by atoms with Crippen molar-refractivity contribution in [2.45, 2.75) is 26.5 Å². The molecule has 5 aromatic carbocycles. The number of anilines is 1. The molecule has 5 rings (SSSR count). The zero-order valence-electron chi connectivity index (χ0n) is 22.2. The summed E-state index contributed by atoms with van der Waals surface area (Å²) in [6.45, 7) is 7.62. The third-order valence-electron chi connectivity index (χ3n) is 6.44. The van der Waals surface area contributed by atoms with Crippen LogP contribution in [0.4, 0.5) is 5.69 Å². The molecular weight excluding hydrogens is 482 g/mol. The van der Waals surface area contributed by atoms with Crippen LogP contribution in [0.3, 0.4) is 0 Å². The molecule has 0 fully saturated rings. The van der Waals surface area contributed by atoms with Crippen LogP contribution in [0.25, 0.3) is 10.8 Å². The Kier molecular flexibility index (Phi) is 8.44. The summed E-state index contributed by atoms with van der Waals surface area (Å²) in [5.41, 5.74) is 4.32. The maximum Gasteiger partial charge on any atom is 0.165 e. The van der Waals surface area contributed by atoms with Crippen LogP contribution in [0.15, 0.2) is 122 Å². The highest BCUT2D eigenvalue weighted by Gasteiger charge is 2.14. The van der Waals surface area contributed by atoms with E-state index in [9.17, 15) is 0 Å². The fourth-order valence-corrected chi connectivity index (χ4v) is 4.60. The van der Waals surface area contributed by atoms with Gasteiger partial charge in [-0.15, -0.1) is 6.58 Å². The Hall–Kier alpha value is -4.70. The average Bonchev–Trinajstić information content (AvgIpc) is 2.97. The molecule has 1 N–H and O–H groups in total. The van der Waals surface area contributed by atoms with Gasteiger partial charge in [-0.3, -0.25) is 0 Å². The predicted molar refractivity (Wildman–Crippen MR) is 160 cm³/mol. The van der Waals surface area contributed by atoms with Crippen molar-refractivity contribution < 1.29 is 14.2 Å². The first-order valence-electron chi connectivity index (χ1n) is 13.3. The molecule has 0 amide bonds. The van der Waals surface area contributed by atoms with Gasteiger partial charge in [0, 0.05) is 17.8 Å². The minimum atomic E-state index is 0.459. The second-order valence-electron chi connectivity index (χ2n) is 9.23. The van der Waals surface area contributed by atoms with Gasteiger partial charge in [0.25, 0.3) is 0 Å². The van der Waals surface area contributed by atoms with Crippen LogP contribution in [0, 0.1) is 0 Å². The molecule has 0 spiro atoms. The maximum absolute atomic E-state index is 6.44. The van der Waals surface area contributed by atoms with Crippen LogP contribution >= 0.6 is 0 Å². The van der Waals surface area contributed by atoms with E-state index in [1.807, 2.05) is 67.6 Å². The predicted octanol–water partition coefficient (Wildman–Crippen LogP) is 8.95. The summed E-state index contributed by atoms with van der Waals surface area (Å²) in [7, 11) is 0. The van der Waals surface area contributed by atoms with E-state index < -0.39 is 0 Å². The molecule has 0 radical (unpaired) electrons. The quantitative estimate of drug-likeness (QED) is 0.168. The molecule has 4 heteroatoms. The number of hydrogen-bond acceptors (Lipinski definition) is 4. The van der Waals surface area contributed by atoms with E-state index in [-0.39, 0.29) is 0 Å². The molecule has 39 heavy (non-hydrogen) atoms. The third-order valence-corrected chi connectivity index (χ3v) is 6.44. The molecule has 5 aromatic rings. The molecule has 4 nitrogen and oxygen atoms in total. The Morgan fingerprint density at radius 3 is 2.28 bits per heavy atom. The summed E-state index contributed by atoms with van der Waals surface area (Å²) in [6.07, 6.45) is 2.59. The van der Waals surface area contributed by atoms with Gasteiger partial charge < -0.3 is 19.5 Å². The number of rotatable bonds is 12. The third kappa shape index (κ3) is 6.60. The van der Waals surface area contributed by atoms with Crippen molar-refractivity contribution in [2.24, 2.45) is 0 Å². The molecule has 196 valence electrons. The summed E-state index contributed by atoms with van der Waals surface area (Å²) in [5, 5.41) is 5.91. The Balaban J connectivity index is 1.31. The second kappa shape index (κ2) is 12.7. The zero-order chi connectivity index (χ0) is 26.9. The van der Waals surface area contributed by atoms with Gasteiger partial charge in [-0.1, -0.05) is 66.7 Å². The minimum Gasteiger partial charge on any atom is -0.490 e. The highest BCUT2D eigenvalue weighted by molar-refractivity contribution is 5.85. The first-order chi connectivity index (χ1) is 19.2. The van der Waals surface area contributed by atoms with Gasteiger partial charge in [0.05, 0.1) is 6.61 Å². The number of fused-ring (bicyclic) bond motifs is 1. The largest absolute Gasteiger partial charge is 0.490 e. The Morgan fingerprint density at radius 2 is 1.49 bits per heavy atom. The zero-order valence-corrected chi connectivity index (χ0v) is 22.2. The van der Waals surface area contributed by atoms with Crippen molar-refractivity contribution in [3.63, 3.8) is 0 Å². The van der Waals surface area contributed by atoms with Crippen LogP contribution in [0.5, 0.6) is 23.0 Å². The van der Waals surface area contributed by atoms with Crippen molar-refractivity contribution in [3.8, 4) is 23.0 Å². The molecule has 0 bridgehead atoms. The van der Waals surface area contributed by atoms with Gasteiger partial charge >= 0.3 is 0 Å². The van der Waals surface area contributed by atoms with Gasteiger partial charge in [-0.05, 0) is 83.8 Å². The van der Waals surface area contributed by atoms with Crippen molar-refractivity contribution in [1.29, 1.82) is 0 Å². The number of nitrogens with one attached hydrogen (secondary N) is 1. The number of ether oxygens (including phenoxy) is 3. The van der Waals surface area contributed by atoms with E-state index in [0.29, 0.717) is 26.2 Å². The van der Waals surface area contributed by atoms with Crippen molar-refractivity contribution in [2.75, 3.05) is 11.9 Å². The molecule has 0 atom stereocenters. The SMILES string of the molecule is C=CCc1cc(CNc2ccc(Oc3ccccc3)cc2)cc(OCC)c1OCc1cccc2ccccc12. The molecule has 0 saturated heterocycles. The highest BCUT2D eigenvalue weighted by Crippen LogP contribution is 2.35. The maximum atomic E-state index is 6.44. The minimum absolute atomic E-state index is 0.459. The van der Waals surface area contributed by atoms with Crippen LogP contribution in [-0.4, -0.2) is 6.61 Å². The molecular formula is C35H33NO3. The van der Waals surface area contributed by atoms with E-state index >= 15 is 0 Å². The highest BCUT2D eigenvalue weighted by atomic mass is 16.5. The first-order valence-corrected chi connectivity index (χ1v) is 13.3. The number of benzene rings is 5. The molecule has 0 saturated carbocycles. The van der Waals surface area contributed by atoms with Crippen molar-refractivity contribution in [3.05, 3.63) is 139 Å². The first kappa shape index (κ1) is 25.9. The number of para-hydroxylation sites is 1. The van der Waals surface area contributed by atoms with Crippen LogP contribution in [0.2, 0.25) is 0 Å². The van der Waals surface area contributed by atoms with Crippen LogP contribution in [0.1, 0.15) is 23.6 Å². The lowest BCUT2D eigenvalue weighted by atomic mass is 10.0. The van der Waals surface area contributed by atoms with Crippen molar-refractivity contribution >= 4 is 16.5 Å². The average molecular weight is 516 g/mol. The van der Waals surface area contributed by atoms with Gasteiger partial charge in [0.1, 0.15) is 18.1 Å². The van der Waals surface area contributed by atoms with E-state index in [0.717, 1.165) is 45.4 Å². The summed E-state index contributed by atoms with van der Waals surface area (Å²) in [4.78, 5) is 0. The van der Waals surface area contributed by atoms with E-state index in [1.165, 1.54) is 10.8 Å². The Bertz CT molecular complexity index is 1520. The van der Waals surface area contributed by atoms with Crippen LogP contribution < -0.4 is 19.5 Å². The summed E-state index contributed by atoms with van der Waals surface area (Å²) < 4.78 is 18.4. The lowest BCUT2D eigenvalue weighted by Gasteiger charge is -2.18. The molecule has 0 aliphatic rings. The standard InChI is InChI=1S/C35H33NO3/c1-3-11-28-22-26(24-36-30-18-20-32(21-19-30)39-31-15-6-5-7-16-31)23-34(37-4-2)35(28)38-25-29-14-10-13-27-12-8-9-17-33(27)29/h3,5-10,12-23,36H,1,4,11,24-25H2,2H3. The van der Waals surface area contributed by atoms with Gasteiger partial charge in [-0.2, -0.15) is 0 Å². The lowest BCUT2D eigenvalue weighted by Crippen LogP contribution is -2.06. The molecule has 0 aliphatic heterocycles. The fourth-order valence-electron chi connectivity index (χ4n) is 4.60. The molecule has 0 aliphatic carbocycles. The number of hydrogen-bond donors (Lipinski definition) is 1. The van der Waals surface area contributed by atoms with E-state index in [2.05, 4.69) is 66.5 Å². The van der Waals surface area contributed by atoms with Crippen molar-refractivity contribution in [1.82, 2.24) is 0 Å². The van der Waals surface area contributed by atoms with E-state index in [1.54, 1.807) is 0 Å². The topological polar surface area (TPSA) is 39.7 Å². The van der Waals surface area contributed by atoms with E-state index in [4.69, 9.17) is 14.2 Å². The van der Waals surface area contributed by atoms with Gasteiger partial charge in [0.15, 0.2) is 11.5 Å². The summed E-state index contributed by atoms with van der Waals surface area (Å²) in [5.74, 6) is 3.14. The molecule has 0 unspecified atom stereocenters. The van der Waals surface area contributed by atoms with Crippen LogP contribution in [-0.2, 0) is 19.6 Å². The van der Waals surface area contributed by atoms with Gasteiger partial charge in [0.2, 0.25) is 0 Å². The fraction of sp³-hybridized carbons (Fsp3) is 0.143. The second-order valence-corrected chi connectivity index (χ2v) is 9.23. The molecule has 0 aromatic heterocycles. The molecule has 0 heterocycles. The lowest BCUT2D eigenvalue weighted by molar-refractivity contribution is 0.267. The Labute approximate surface area is 230 Å². The number of allylic oxidation sites excluding steroid dienone is 1. The summed E-state index contributed by atoms with van der Waals surface area (Å²) in [6, 6.07) is 36.7. The summed E-state index contributed by atoms with van der Waals surface area (Å²) >= 11 is 0. The normalized spacial score (nSPS) is 10.7. The Morgan fingerprint density at radius 1 is 0.744 bits per heavy atom. The smallest absolute Gasteiger partial charge is 0.165 e. The van der Waals surface area contributed by atoms with Gasteiger partial charge in [-0.25, -0.2) is 0 Å². The monoisotopic (exact) mass is 515 g/mol.